The van der Waals surface area contributed by atoms with Gasteiger partial charge >= 0.3 is 0 Å². The van der Waals surface area contributed by atoms with E-state index in [4.69, 9.17) is 4.43 Å². The Labute approximate surface area is 95.6 Å². The molecule has 0 rings (SSSR count). The summed E-state index contributed by atoms with van der Waals surface area (Å²) in [5.74, 6) is 0. The zero-order valence-electron chi connectivity index (χ0n) is 11.5. The molecule has 3 nitrogen and oxygen atoms in total. The molecule has 0 fully saturated rings. The van der Waals surface area contributed by atoms with Crippen molar-refractivity contribution >= 4 is 8.32 Å². The second-order valence-corrected chi connectivity index (χ2v) is 10.7. The smallest absolute Gasteiger partial charge is 0.194 e. The molecule has 0 bridgehead atoms. The lowest BCUT2D eigenvalue weighted by Gasteiger charge is -2.41. The highest BCUT2D eigenvalue weighted by atomic mass is 28.4. The number of rotatable bonds is 4. The Balaban J connectivity index is 4.68. The maximum absolute atomic E-state index is 9.67. The first-order valence-electron chi connectivity index (χ1n) is 5.51. The molecule has 0 saturated heterocycles. The summed E-state index contributed by atoms with van der Waals surface area (Å²) in [4.78, 5) is 1.94. The van der Waals surface area contributed by atoms with Crippen molar-refractivity contribution in [3.8, 4) is 0 Å². The number of hydrogen-bond acceptors (Lipinski definition) is 3. The molecule has 92 valence electrons. The molecule has 2 atom stereocenters. The average molecular weight is 233 g/mol. The molecule has 0 aromatic rings. The van der Waals surface area contributed by atoms with Gasteiger partial charge in [0.05, 0.1) is 6.10 Å². The van der Waals surface area contributed by atoms with Gasteiger partial charge in [0.2, 0.25) is 0 Å². The van der Waals surface area contributed by atoms with E-state index in [1.165, 1.54) is 0 Å². The van der Waals surface area contributed by atoms with Crippen molar-refractivity contribution in [2.45, 2.75) is 58.2 Å². The molecule has 0 aliphatic carbocycles. The zero-order valence-corrected chi connectivity index (χ0v) is 12.5. The van der Waals surface area contributed by atoms with Gasteiger partial charge in [0.1, 0.15) is 6.23 Å². The van der Waals surface area contributed by atoms with Gasteiger partial charge in [-0.2, -0.15) is 0 Å². The minimum Gasteiger partial charge on any atom is -0.399 e. The van der Waals surface area contributed by atoms with Gasteiger partial charge in [-0.1, -0.05) is 20.8 Å². The highest BCUT2D eigenvalue weighted by Crippen LogP contribution is 2.37. The van der Waals surface area contributed by atoms with E-state index in [0.29, 0.717) is 0 Å². The molecule has 0 saturated carbocycles. The van der Waals surface area contributed by atoms with Crippen LogP contribution in [0, 0.1) is 0 Å². The summed E-state index contributed by atoms with van der Waals surface area (Å²) in [5.41, 5.74) is 0. The Morgan fingerprint density at radius 3 is 1.80 bits per heavy atom. The summed E-state index contributed by atoms with van der Waals surface area (Å²) in [6.07, 6.45) is -0.667. The lowest BCUT2D eigenvalue weighted by molar-refractivity contribution is -0.0434. The van der Waals surface area contributed by atoms with Crippen LogP contribution >= 0.6 is 0 Å². The van der Waals surface area contributed by atoms with Gasteiger partial charge in [0.25, 0.3) is 0 Å². The fraction of sp³-hybridized carbons (Fsp3) is 1.00. The van der Waals surface area contributed by atoms with E-state index in [1.807, 2.05) is 19.0 Å². The molecule has 1 N–H and O–H groups in total. The van der Waals surface area contributed by atoms with Gasteiger partial charge in [-0.3, -0.25) is 4.90 Å². The van der Waals surface area contributed by atoms with E-state index in [0.717, 1.165) is 0 Å². The van der Waals surface area contributed by atoms with E-state index in [9.17, 15) is 5.11 Å². The third-order valence-corrected chi connectivity index (χ3v) is 7.59. The Kier molecular flexibility index (Phi) is 4.98. The molecule has 2 unspecified atom stereocenters. The normalized spacial score (nSPS) is 18.0. The van der Waals surface area contributed by atoms with Gasteiger partial charge in [-0.25, -0.2) is 0 Å². The minimum absolute atomic E-state index is 0.177. The van der Waals surface area contributed by atoms with E-state index in [1.54, 1.807) is 6.92 Å². The van der Waals surface area contributed by atoms with Crippen LogP contribution in [0.2, 0.25) is 18.1 Å². The standard InChI is InChI=1S/C11H27NO2Si/c1-9(13)10(12(5)6)14-15(7,8)11(2,3)4/h9-10,13H,1-8H3. The van der Waals surface area contributed by atoms with Crippen molar-refractivity contribution in [1.29, 1.82) is 0 Å². The topological polar surface area (TPSA) is 32.7 Å². The molecular formula is C11H27NO2Si. The summed E-state index contributed by atoms with van der Waals surface area (Å²) in [6, 6.07) is 0. The van der Waals surface area contributed by atoms with Gasteiger partial charge < -0.3 is 9.53 Å². The van der Waals surface area contributed by atoms with Crippen LogP contribution in [0.1, 0.15) is 27.7 Å². The van der Waals surface area contributed by atoms with Crippen molar-refractivity contribution in [1.82, 2.24) is 4.90 Å². The molecule has 0 aliphatic rings. The van der Waals surface area contributed by atoms with Crippen LogP contribution in [0.25, 0.3) is 0 Å². The van der Waals surface area contributed by atoms with Crippen LogP contribution in [-0.2, 0) is 4.43 Å². The number of aliphatic hydroxyl groups excluding tert-OH is 1. The van der Waals surface area contributed by atoms with E-state index in [2.05, 4.69) is 33.9 Å². The Morgan fingerprint density at radius 1 is 1.20 bits per heavy atom. The van der Waals surface area contributed by atoms with E-state index >= 15 is 0 Å². The average Bonchev–Trinajstić information content (AvgIpc) is 1.96. The first-order valence-corrected chi connectivity index (χ1v) is 8.42. The molecular weight excluding hydrogens is 206 g/mol. The summed E-state index contributed by atoms with van der Waals surface area (Å²) in [6.45, 7) is 12.8. The minimum atomic E-state index is -1.80. The van der Waals surface area contributed by atoms with Crippen molar-refractivity contribution in [2.75, 3.05) is 14.1 Å². The van der Waals surface area contributed by atoms with E-state index < -0.39 is 14.4 Å². The summed E-state index contributed by atoms with van der Waals surface area (Å²) in [5, 5.41) is 9.84. The fourth-order valence-corrected chi connectivity index (χ4v) is 2.48. The maximum atomic E-state index is 9.67. The van der Waals surface area contributed by atoms with Crippen LogP contribution in [0.3, 0.4) is 0 Å². The molecule has 15 heavy (non-hydrogen) atoms. The molecule has 0 spiro atoms. The van der Waals surface area contributed by atoms with Crippen LogP contribution in [0.15, 0.2) is 0 Å². The Morgan fingerprint density at radius 2 is 1.60 bits per heavy atom. The van der Waals surface area contributed by atoms with Crippen molar-refractivity contribution in [2.24, 2.45) is 0 Å². The molecule has 4 heteroatoms. The number of hydrogen-bond donors (Lipinski definition) is 1. The zero-order chi connectivity index (χ0) is 12.4. The third-order valence-electron chi connectivity index (χ3n) is 3.14. The first kappa shape index (κ1) is 15.1. The van der Waals surface area contributed by atoms with Crippen molar-refractivity contribution < 1.29 is 9.53 Å². The number of nitrogens with zero attached hydrogens (tertiary/aromatic N) is 1. The van der Waals surface area contributed by atoms with Gasteiger partial charge in [0, 0.05) is 0 Å². The first-order chi connectivity index (χ1) is 6.49. The SMILES string of the molecule is CC(O)C(O[Si](C)(C)C(C)(C)C)N(C)C. The Bertz CT molecular complexity index is 189. The molecule has 0 aromatic heterocycles. The molecule has 0 aliphatic heterocycles. The van der Waals surface area contributed by atoms with Crippen LogP contribution in [-0.4, -0.2) is 44.8 Å². The maximum Gasteiger partial charge on any atom is 0.194 e. The molecule has 0 amide bonds. The molecule has 0 heterocycles. The van der Waals surface area contributed by atoms with E-state index in [-0.39, 0.29) is 11.3 Å². The predicted octanol–water partition coefficient (Wildman–Crippen LogP) is 2.28. The highest BCUT2D eigenvalue weighted by Gasteiger charge is 2.40. The Hall–Kier alpha value is 0.0969. The van der Waals surface area contributed by atoms with Gasteiger partial charge in [-0.05, 0) is 39.2 Å². The van der Waals surface area contributed by atoms with Crippen molar-refractivity contribution in [3.05, 3.63) is 0 Å². The largest absolute Gasteiger partial charge is 0.399 e. The van der Waals surface area contributed by atoms with Crippen LogP contribution in [0.4, 0.5) is 0 Å². The van der Waals surface area contributed by atoms with Gasteiger partial charge in [-0.15, -0.1) is 0 Å². The number of aliphatic hydroxyl groups is 1. The summed E-state index contributed by atoms with van der Waals surface area (Å²) >= 11 is 0. The monoisotopic (exact) mass is 233 g/mol. The molecule has 0 aromatic carbocycles. The predicted molar refractivity (Wildman–Crippen MR) is 67.4 cm³/mol. The van der Waals surface area contributed by atoms with Crippen molar-refractivity contribution in [3.63, 3.8) is 0 Å². The third kappa shape index (κ3) is 4.22. The molecule has 0 radical (unpaired) electrons. The summed E-state index contributed by atoms with van der Waals surface area (Å²) in [7, 11) is 2.07. The second-order valence-electron chi connectivity index (χ2n) is 5.97. The van der Waals surface area contributed by atoms with Crippen LogP contribution < -0.4 is 0 Å². The second kappa shape index (κ2) is 4.95. The van der Waals surface area contributed by atoms with Gasteiger partial charge in [0.15, 0.2) is 8.32 Å². The number of likely N-dealkylation sites (N-methyl/N-ethyl adjacent to an activating group) is 1. The van der Waals surface area contributed by atoms with Crippen LogP contribution in [0.5, 0.6) is 0 Å². The quantitative estimate of drug-likeness (QED) is 0.597. The lowest BCUT2D eigenvalue weighted by Crippen LogP contribution is -2.51. The highest BCUT2D eigenvalue weighted by molar-refractivity contribution is 6.74. The fourth-order valence-electron chi connectivity index (χ4n) is 1.11. The lowest BCUT2D eigenvalue weighted by atomic mass is 10.2. The summed E-state index contributed by atoms with van der Waals surface area (Å²) < 4.78 is 6.14.